The van der Waals surface area contributed by atoms with Crippen LogP contribution in [0, 0.1) is 6.92 Å². The molecule has 0 aliphatic carbocycles. The number of nitrogens with zero attached hydrogens (tertiary/aromatic N) is 2. The molecule has 2 aromatic carbocycles. The average Bonchev–Trinajstić information content (AvgIpc) is 2.54. The molecule has 23 heavy (non-hydrogen) atoms. The van der Waals surface area contributed by atoms with Gasteiger partial charge < -0.3 is 5.73 Å². The summed E-state index contributed by atoms with van der Waals surface area (Å²) < 4.78 is 1.70. The van der Waals surface area contributed by atoms with E-state index < -0.39 is 0 Å². The van der Waals surface area contributed by atoms with Gasteiger partial charge in [-0.1, -0.05) is 41.4 Å². The highest BCUT2D eigenvalue weighted by Crippen LogP contribution is 2.21. The van der Waals surface area contributed by atoms with Gasteiger partial charge in [0.1, 0.15) is 5.82 Å². The molecular formula is C18H18ClN3O. The van der Waals surface area contributed by atoms with Crippen LogP contribution in [0.25, 0.3) is 22.3 Å². The summed E-state index contributed by atoms with van der Waals surface area (Å²) in [6.07, 6.45) is 0.722. The standard InChI is InChI=1S/C18H18ClN3O/c1-12-3-5-13(6-4-12)17-21-16-11-14(19)7-8-15(16)18(23)22(17)10-2-9-20/h3-8,11H,2,9-10,20H2,1H3. The van der Waals surface area contributed by atoms with E-state index in [1.807, 2.05) is 31.2 Å². The lowest BCUT2D eigenvalue weighted by Crippen LogP contribution is -2.24. The minimum absolute atomic E-state index is 0.0595. The summed E-state index contributed by atoms with van der Waals surface area (Å²) in [6.45, 7) is 3.10. The molecule has 0 bridgehead atoms. The van der Waals surface area contributed by atoms with Crippen molar-refractivity contribution < 1.29 is 0 Å². The van der Waals surface area contributed by atoms with Gasteiger partial charge in [0.05, 0.1) is 10.9 Å². The maximum atomic E-state index is 12.8. The van der Waals surface area contributed by atoms with Gasteiger partial charge in [-0.15, -0.1) is 0 Å². The van der Waals surface area contributed by atoms with E-state index in [4.69, 9.17) is 17.3 Å². The maximum absolute atomic E-state index is 12.8. The summed E-state index contributed by atoms with van der Waals surface area (Å²) in [6, 6.07) is 13.1. The first-order valence-corrected chi connectivity index (χ1v) is 7.95. The molecular weight excluding hydrogens is 310 g/mol. The van der Waals surface area contributed by atoms with Crippen LogP contribution in [0.1, 0.15) is 12.0 Å². The number of nitrogens with two attached hydrogens (primary N) is 1. The Hall–Kier alpha value is -2.17. The highest BCUT2D eigenvalue weighted by atomic mass is 35.5. The lowest BCUT2D eigenvalue weighted by Gasteiger charge is -2.13. The Morgan fingerprint density at radius 3 is 2.61 bits per heavy atom. The zero-order valence-corrected chi connectivity index (χ0v) is 13.7. The molecule has 0 saturated carbocycles. The van der Waals surface area contributed by atoms with Crippen LogP contribution in [-0.4, -0.2) is 16.1 Å². The first-order valence-electron chi connectivity index (χ1n) is 7.57. The fourth-order valence-corrected chi connectivity index (χ4v) is 2.74. The summed E-state index contributed by atoms with van der Waals surface area (Å²) in [4.78, 5) is 17.5. The largest absolute Gasteiger partial charge is 0.330 e. The van der Waals surface area contributed by atoms with Crippen molar-refractivity contribution in [1.29, 1.82) is 0 Å². The fourth-order valence-electron chi connectivity index (χ4n) is 2.57. The van der Waals surface area contributed by atoms with E-state index in [2.05, 4.69) is 4.98 Å². The van der Waals surface area contributed by atoms with E-state index >= 15 is 0 Å². The Morgan fingerprint density at radius 1 is 1.17 bits per heavy atom. The predicted molar refractivity (Wildman–Crippen MR) is 94.9 cm³/mol. The highest BCUT2D eigenvalue weighted by molar-refractivity contribution is 6.31. The average molecular weight is 328 g/mol. The topological polar surface area (TPSA) is 60.9 Å². The van der Waals surface area contributed by atoms with Gasteiger partial charge in [-0.2, -0.15) is 0 Å². The van der Waals surface area contributed by atoms with Gasteiger partial charge in [0.15, 0.2) is 0 Å². The third-order valence-electron chi connectivity index (χ3n) is 3.81. The van der Waals surface area contributed by atoms with E-state index in [0.717, 1.165) is 17.5 Å². The zero-order valence-electron chi connectivity index (χ0n) is 12.9. The minimum atomic E-state index is -0.0595. The molecule has 0 saturated heterocycles. The Labute approximate surface area is 139 Å². The molecule has 0 aliphatic rings. The van der Waals surface area contributed by atoms with E-state index in [1.165, 1.54) is 0 Å². The number of hydrogen-bond acceptors (Lipinski definition) is 3. The summed E-state index contributed by atoms with van der Waals surface area (Å²) in [5.41, 5.74) is 8.24. The van der Waals surface area contributed by atoms with Crippen molar-refractivity contribution >= 4 is 22.5 Å². The lowest BCUT2D eigenvalue weighted by molar-refractivity contribution is 0.632. The van der Waals surface area contributed by atoms with Crippen molar-refractivity contribution in [3.8, 4) is 11.4 Å². The second-order valence-corrected chi connectivity index (χ2v) is 6.00. The van der Waals surface area contributed by atoms with E-state index in [-0.39, 0.29) is 5.56 Å². The number of fused-ring (bicyclic) bond motifs is 1. The molecule has 3 aromatic rings. The SMILES string of the molecule is Cc1ccc(-c2nc3cc(Cl)ccc3c(=O)n2CCCN)cc1. The second-order valence-electron chi connectivity index (χ2n) is 5.56. The van der Waals surface area contributed by atoms with Crippen molar-refractivity contribution in [1.82, 2.24) is 9.55 Å². The Kier molecular flexibility index (Phi) is 4.46. The molecule has 2 N–H and O–H groups in total. The van der Waals surface area contributed by atoms with Crippen molar-refractivity contribution in [3.63, 3.8) is 0 Å². The molecule has 0 amide bonds. The molecule has 0 unspecified atom stereocenters. The molecule has 0 atom stereocenters. The molecule has 0 aliphatic heterocycles. The van der Waals surface area contributed by atoms with Crippen molar-refractivity contribution in [2.75, 3.05) is 6.54 Å². The number of benzene rings is 2. The summed E-state index contributed by atoms with van der Waals surface area (Å²) in [5.74, 6) is 0.651. The van der Waals surface area contributed by atoms with E-state index in [1.54, 1.807) is 22.8 Å². The van der Waals surface area contributed by atoms with Crippen molar-refractivity contribution in [3.05, 3.63) is 63.4 Å². The van der Waals surface area contributed by atoms with Gasteiger partial charge in [-0.3, -0.25) is 9.36 Å². The molecule has 0 spiro atoms. The summed E-state index contributed by atoms with van der Waals surface area (Å²) in [5, 5.41) is 1.14. The first-order chi connectivity index (χ1) is 11.1. The van der Waals surface area contributed by atoms with Crippen molar-refractivity contribution in [2.45, 2.75) is 19.9 Å². The van der Waals surface area contributed by atoms with Gasteiger partial charge in [0.2, 0.25) is 0 Å². The number of aromatic nitrogens is 2. The van der Waals surface area contributed by atoms with Crippen LogP contribution in [0.3, 0.4) is 0 Å². The Balaban J connectivity index is 2.28. The predicted octanol–water partition coefficient (Wildman–Crippen LogP) is 3.37. The van der Waals surface area contributed by atoms with Crippen LogP contribution in [0.5, 0.6) is 0 Å². The van der Waals surface area contributed by atoms with E-state index in [9.17, 15) is 4.79 Å². The minimum Gasteiger partial charge on any atom is -0.330 e. The third kappa shape index (κ3) is 3.14. The first kappa shape index (κ1) is 15.7. The number of halogens is 1. The normalized spacial score (nSPS) is 11.1. The van der Waals surface area contributed by atoms with Crippen LogP contribution in [0.2, 0.25) is 5.02 Å². The number of hydrogen-bond donors (Lipinski definition) is 1. The number of rotatable bonds is 4. The van der Waals surface area contributed by atoms with Crippen LogP contribution < -0.4 is 11.3 Å². The molecule has 4 nitrogen and oxygen atoms in total. The molecule has 0 radical (unpaired) electrons. The van der Waals surface area contributed by atoms with Gasteiger partial charge in [-0.05, 0) is 38.1 Å². The van der Waals surface area contributed by atoms with Gasteiger partial charge in [-0.25, -0.2) is 4.98 Å². The summed E-state index contributed by atoms with van der Waals surface area (Å²) in [7, 11) is 0. The Bertz CT molecular complexity index is 901. The fraction of sp³-hybridized carbons (Fsp3) is 0.222. The van der Waals surface area contributed by atoms with Gasteiger partial charge in [0, 0.05) is 17.1 Å². The lowest BCUT2D eigenvalue weighted by atomic mass is 10.1. The smallest absolute Gasteiger partial charge is 0.261 e. The van der Waals surface area contributed by atoms with E-state index in [0.29, 0.717) is 34.8 Å². The molecule has 1 aromatic heterocycles. The molecule has 118 valence electrons. The molecule has 3 rings (SSSR count). The van der Waals surface area contributed by atoms with Crippen LogP contribution in [0.15, 0.2) is 47.3 Å². The van der Waals surface area contributed by atoms with Crippen LogP contribution >= 0.6 is 11.6 Å². The maximum Gasteiger partial charge on any atom is 0.261 e. The van der Waals surface area contributed by atoms with Gasteiger partial charge in [0.25, 0.3) is 5.56 Å². The van der Waals surface area contributed by atoms with Crippen LogP contribution in [0.4, 0.5) is 0 Å². The monoisotopic (exact) mass is 327 g/mol. The molecule has 1 heterocycles. The molecule has 0 fully saturated rings. The quantitative estimate of drug-likeness (QED) is 0.799. The third-order valence-corrected chi connectivity index (χ3v) is 4.05. The summed E-state index contributed by atoms with van der Waals surface area (Å²) >= 11 is 6.05. The Morgan fingerprint density at radius 2 is 1.91 bits per heavy atom. The zero-order chi connectivity index (χ0) is 16.4. The number of aryl methyl sites for hydroxylation is 1. The second kappa shape index (κ2) is 6.52. The van der Waals surface area contributed by atoms with Crippen molar-refractivity contribution in [2.24, 2.45) is 5.73 Å². The highest BCUT2D eigenvalue weighted by Gasteiger charge is 2.12. The van der Waals surface area contributed by atoms with Crippen LogP contribution in [-0.2, 0) is 6.54 Å². The molecule has 5 heteroatoms. The van der Waals surface area contributed by atoms with Gasteiger partial charge >= 0.3 is 0 Å².